The standard InChI is InChI=1S/C22H22N4O2/c1-13-5-4-6-15(7-13)22(28)25-19-10-20-18(8-14(19)2)17(9-21(27)24-20)16-11-23-26(3)12-16/h4-8,10-12,17H,9H2,1-3H3,(H,24,27)(H,25,28). The van der Waals surface area contributed by atoms with Gasteiger partial charge in [0.25, 0.3) is 5.91 Å². The average Bonchev–Trinajstić information content (AvgIpc) is 3.08. The van der Waals surface area contributed by atoms with E-state index in [0.29, 0.717) is 17.7 Å². The fourth-order valence-electron chi connectivity index (χ4n) is 3.66. The Hall–Kier alpha value is -3.41. The number of nitrogens with zero attached hydrogens (tertiary/aromatic N) is 2. The fraction of sp³-hybridized carbons (Fsp3) is 0.227. The minimum atomic E-state index is -0.169. The second-order valence-electron chi connectivity index (χ2n) is 7.33. The summed E-state index contributed by atoms with van der Waals surface area (Å²) in [5.74, 6) is -0.253. The van der Waals surface area contributed by atoms with E-state index in [1.54, 1.807) is 16.9 Å². The highest BCUT2D eigenvalue weighted by Gasteiger charge is 2.28. The average molecular weight is 374 g/mol. The molecule has 0 spiro atoms. The Morgan fingerprint density at radius 1 is 1.25 bits per heavy atom. The zero-order valence-electron chi connectivity index (χ0n) is 16.1. The van der Waals surface area contributed by atoms with Gasteiger partial charge in [-0.2, -0.15) is 5.10 Å². The molecule has 0 fully saturated rings. The number of amides is 2. The van der Waals surface area contributed by atoms with Gasteiger partial charge in [0.2, 0.25) is 5.91 Å². The molecule has 28 heavy (non-hydrogen) atoms. The molecular formula is C22H22N4O2. The first-order valence-corrected chi connectivity index (χ1v) is 9.21. The fourth-order valence-corrected chi connectivity index (χ4v) is 3.66. The van der Waals surface area contributed by atoms with Crippen LogP contribution in [0.25, 0.3) is 0 Å². The van der Waals surface area contributed by atoms with E-state index in [9.17, 15) is 9.59 Å². The van der Waals surface area contributed by atoms with Gasteiger partial charge >= 0.3 is 0 Å². The van der Waals surface area contributed by atoms with Gasteiger partial charge in [0.05, 0.1) is 6.20 Å². The predicted molar refractivity (Wildman–Crippen MR) is 109 cm³/mol. The lowest BCUT2D eigenvalue weighted by Crippen LogP contribution is -2.24. The molecule has 3 aromatic rings. The minimum Gasteiger partial charge on any atom is -0.326 e. The number of nitrogens with one attached hydrogen (secondary N) is 2. The predicted octanol–water partition coefficient (Wildman–Crippen LogP) is 3.76. The molecule has 6 heteroatoms. The smallest absolute Gasteiger partial charge is 0.255 e. The number of fused-ring (bicyclic) bond motifs is 1. The van der Waals surface area contributed by atoms with Crippen molar-refractivity contribution in [2.75, 3.05) is 10.6 Å². The summed E-state index contributed by atoms with van der Waals surface area (Å²) in [6.07, 6.45) is 4.12. The highest BCUT2D eigenvalue weighted by Crippen LogP contribution is 2.39. The summed E-state index contributed by atoms with van der Waals surface area (Å²) in [6.45, 7) is 3.91. The lowest BCUT2D eigenvalue weighted by atomic mass is 9.85. The van der Waals surface area contributed by atoms with Crippen molar-refractivity contribution in [3.05, 3.63) is 76.6 Å². The molecule has 4 rings (SSSR count). The number of aromatic nitrogens is 2. The summed E-state index contributed by atoms with van der Waals surface area (Å²) >= 11 is 0. The zero-order valence-corrected chi connectivity index (χ0v) is 16.1. The third-order valence-electron chi connectivity index (χ3n) is 5.09. The number of carbonyl (C=O) groups is 2. The molecule has 6 nitrogen and oxygen atoms in total. The Bertz CT molecular complexity index is 1080. The monoisotopic (exact) mass is 374 g/mol. The number of hydrogen-bond acceptors (Lipinski definition) is 3. The molecule has 2 N–H and O–H groups in total. The molecule has 0 radical (unpaired) electrons. The summed E-state index contributed by atoms with van der Waals surface area (Å²) in [6, 6.07) is 11.3. The van der Waals surface area contributed by atoms with Crippen LogP contribution in [-0.2, 0) is 11.8 Å². The van der Waals surface area contributed by atoms with Gasteiger partial charge in [-0.1, -0.05) is 23.8 Å². The summed E-state index contributed by atoms with van der Waals surface area (Å²) in [7, 11) is 1.86. The normalized spacial score (nSPS) is 15.7. The number of anilines is 2. The lowest BCUT2D eigenvalue weighted by molar-refractivity contribution is -0.116. The van der Waals surface area contributed by atoms with Crippen LogP contribution in [0.5, 0.6) is 0 Å². The van der Waals surface area contributed by atoms with Crippen molar-refractivity contribution >= 4 is 23.2 Å². The maximum Gasteiger partial charge on any atom is 0.255 e. The SMILES string of the molecule is Cc1cccc(C(=O)Nc2cc3c(cc2C)C(c2cnn(C)c2)CC(=O)N3)c1. The topological polar surface area (TPSA) is 76.0 Å². The van der Waals surface area contributed by atoms with Crippen molar-refractivity contribution in [2.45, 2.75) is 26.2 Å². The molecule has 0 saturated heterocycles. The van der Waals surface area contributed by atoms with E-state index < -0.39 is 0 Å². The van der Waals surface area contributed by atoms with E-state index in [4.69, 9.17) is 0 Å². The van der Waals surface area contributed by atoms with E-state index in [1.165, 1.54) is 0 Å². The van der Waals surface area contributed by atoms with E-state index in [1.807, 2.05) is 57.4 Å². The van der Waals surface area contributed by atoms with E-state index in [0.717, 1.165) is 27.9 Å². The van der Waals surface area contributed by atoms with Crippen LogP contribution >= 0.6 is 0 Å². The van der Waals surface area contributed by atoms with Crippen LogP contribution in [-0.4, -0.2) is 21.6 Å². The van der Waals surface area contributed by atoms with Crippen molar-refractivity contribution in [1.29, 1.82) is 0 Å². The summed E-state index contributed by atoms with van der Waals surface area (Å²) in [5, 5.41) is 10.1. The van der Waals surface area contributed by atoms with Crippen LogP contribution in [0, 0.1) is 13.8 Å². The molecule has 0 aliphatic carbocycles. The minimum absolute atomic E-state index is 0.0406. The summed E-state index contributed by atoms with van der Waals surface area (Å²) in [5.41, 5.74) is 6.06. The molecule has 0 saturated carbocycles. The Morgan fingerprint density at radius 3 is 2.79 bits per heavy atom. The summed E-state index contributed by atoms with van der Waals surface area (Å²) in [4.78, 5) is 24.9. The van der Waals surface area contributed by atoms with E-state index >= 15 is 0 Å². The zero-order chi connectivity index (χ0) is 19.8. The molecule has 2 aromatic carbocycles. The number of benzene rings is 2. The largest absolute Gasteiger partial charge is 0.326 e. The first-order chi connectivity index (χ1) is 13.4. The number of hydrogen-bond donors (Lipinski definition) is 2. The Labute approximate surface area is 163 Å². The van der Waals surface area contributed by atoms with Crippen LogP contribution < -0.4 is 10.6 Å². The van der Waals surface area contributed by atoms with Crippen molar-refractivity contribution in [3.8, 4) is 0 Å². The van der Waals surface area contributed by atoms with Gasteiger partial charge < -0.3 is 10.6 Å². The highest BCUT2D eigenvalue weighted by atomic mass is 16.2. The van der Waals surface area contributed by atoms with E-state index in [2.05, 4.69) is 15.7 Å². The second-order valence-corrected chi connectivity index (χ2v) is 7.33. The van der Waals surface area contributed by atoms with Crippen LogP contribution in [0.2, 0.25) is 0 Å². The Balaban J connectivity index is 1.68. The van der Waals surface area contributed by atoms with Gasteiger partial charge in [-0.25, -0.2) is 0 Å². The molecule has 0 bridgehead atoms. The lowest BCUT2D eigenvalue weighted by Gasteiger charge is -2.26. The number of rotatable bonds is 3. The van der Waals surface area contributed by atoms with Crippen LogP contribution in [0.1, 0.15) is 45.0 Å². The molecule has 1 aliphatic rings. The van der Waals surface area contributed by atoms with Crippen LogP contribution in [0.3, 0.4) is 0 Å². The highest BCUT2D eigenvalue weighted by molar-refractivity contribution is 6.05. The molecule has 2 heterocycles. The second kappa shape index (κ2) is 6.96. The first-order valence-electron chi connectivity index (χ1n) is 9.21. The molecule has 1 aromatic heterocycles. The maximum absolute atomic E-state index is 12.6. The van der Waals surface area contributed by atoms with Crippen molar-refractivity contribution in [1.82, 2.24) is 9.78 Å². The summed E-state index contributed by atoms with van der Waals surface area (Å²) < 4.78 is 1.74. The van der Waals surface area contributed by atoms with Gasteiger partial charge in [0.1, 0.15) is 0 Å². The van der Waals surface area contributed by atoms with Gasteiger partial charge in [-0.05, 0) is 48.7 Å². The molecular weight excluding hydrogens is 352 g/mol. The Kier molecular flexibility index (Phi) is 4.47. The van der Waals surface area contributed by atoms with Crippen molar-refractivity contribution in [3.63, 3.8) is 0 Å². The third-order valence-corrected chi connectivity index (χ3v) is 5.09. The maximum atomic E-state index is 12.6. The van der Waals surface area contributed by atoms with Crippen molar-refractivity contribution < 1.29 is 9.59 Å². The van der Waals surface area contributed by atoms with Gasteiger partial charge in [0, 0.05) is 42.5 Å². The molecule has 1 atom stereocenters. The molecule has 1 unspecified atom stereocenters. The first kappa shape index (κ1) is 18.0. The number of aryl methyl sites for hydroxylation is 3. The Morgan fingerprint density at radius 2 is 2.07 bits per heavy atom. The molecule has 2 amide bonds. The molecule has 1 aliphatic heterocycles. The van der Waals surface area contributed by atoms with Crippen LogP contribution in [0.15, 0.2) is 48.8 Å². The van der Waals surface area contributed by atoms with Crippen molar-refractivity contribution in [2.24, 2.45) is 7.05 Å². The quantitative estimate of drug-likeness (QED) is 0.733. The third kappa shape index (κ3) is 3.41. The van der Waals surface area contributed by atoms with Gasteiger partial charge in [0.15, 0.2) is 0 Å². The van der Waals surface area contributed by atoms with Gasteiger partial charge in [-0.3, -0.25) is 14.3 Å². The van der Waals surface area contributed by atoms with Gasteiger partial charge in [-0.15, -0.1) is 0 Å². The number of carbonyl (C=O) groups excluding carboxylic acids is 2. The van der Waals surface area contributed by atoms with E-state index in [-0.39, 0.29) is 17.7 Å². The van der Waals surface area contributed by atoms with Crippen LogP contribution in [0.4, 0.5) is 11.4 Å². The molecule has 142 valence electrons.